The smallest absolute Gasteiger partial charge is 0.127 e. The molecule has 2 aromatic carbocycles. The van der Waals surface area contributed by atoms with Gasteiger partial charge in [-0.1, -0.05) is 34.1 Å². The Bertz CT molecular complexity index is 727. The molecule has 3 nitrogen and oxygen atoms in total. The molecule has 100 valence electrons. The first-order valence-corrected chi connectivity index (χ1v) is 7.11. The number of rotatable bonds is 2. The second kappa shape index (κ2) is 5.13. The Labute approximate surface area is 126 Å². The Kier molecular flexibility index (Phi) is 3.32. The molecule has 1 heterocycles. The number of para-hydroxylation sites is 1. The van der Waals surface area contributed by atoms with E-state index in [2.05, 4.69) is 40.1 Å². The monoisotopic (exact) mass is 327 g/mol. The van der Waals surface area contributed by atoms with Gasteiger partial charge in [-0.2, -0.15) is 5.10 Å². The molecule has 2 N–H and O–H groups in total. The number of nitrogens with zero attached hydrogens (tertiary/aromatic N) is 2. The number of benzene rings is 2. The standard InChI is InChI=1S/C16H14BrN3/c1-11-7-12(9-13(17)8-11)15-10-16(18)20(19-15)14-5-3-2-4-6-14/h2-10H,18H2,1H3. The summed E-state index contributed by atoms with van der Waals surface area (Å²) >= 11 is 3.51. The summed E-state index contributed by atoms with van der Waals surface area (Å²) in [5, 5.41) is 4.60. The molecule has 0 unspecified atom stereocenters. The maximum atomic E-state index is 6.08. The van der Waals surface area contributed by atoms with Crippen molar-refractivity contribution in [1.82, 2.24) is 9.78 Å². The Balaban J connectivity index is 2.09. The number of hydrogen-bond donors (Lipinski definition) is 1. The van der Waals surface area contributed by atoms with Crippen molar-refractivity contribution < 1.29 is 0 Å². The van der Waals surface area contributed by atoms with E-state index in [0.717, 1.165) is 21.4 Å². The van der Waals surface area contributed by atoms with Crippen LogP contribution in [0.5, 0.6) is 0 Å². The zero-order valence-corrected chi connectivity index (χ0v) is 12.6. The molecule has 3 aromatic rings. The lowest BCUT2D eigenvalue weighted by Crippen LogP contribution is -2.01. The van der Waals surface area contributed by atoms with Crippen LogP contribution in [0.3, 0.4) is 0 Å². The minimum absolute atomic E-state index is 0.629. The van der Waals surface area contributed by atoms with Gasteiger partial charge in [0.25, 0.3) is 0 Å². The first-order chi connectivity index (χ1) is 9.63. The fraction of sp³-hybridized carbons (Fsp3) is 0.0625. The summed E-state index contributed by atoms with van der Waals surface area (Å²) in [5.74, 6) is 0.629. The summed E-state index contributed by atoms with van der Waals surface area (Å²) in [4.78, 5) is 0. The summed E-state index contributed by atoms with van der Waals surface area (Å²) in [6.07, 6.45) is 0. The van der Waals surface area contributed by atoms with Crippen molar-refractivity contribution in [2.45, 2.75) is 6.92 Å². The molecule has 0 atom stereocenters. The molecule has 1 aromatic heterocycles. The van der Waals surface area contributed by atoms with Crippen LogP contribution in [0.25, 0.3) is 16.9 Å². The van der Waals surface area contributed by atoms with Crippen molar-refractivity contribution in [3.05, 3.63) is 64.6 Å². The number of halogens is 1. The average molecular weight is 328 g/mol. The summed E-state index contributed by atoms with van der Waals surface area (Å²) in [6.45, 7) is 2.06. The second-order valence-electron chi connectivity index (χ2n) is 4.72. The molecule has 0 amide bonds. The van der Waals surface area contributed by atoms with E-state index in [1.807, 2.05) is 42.5 Å². The Morgan fingerprint density at radius 1 is 1.05 bits per heavy atom. The van der Waals surface area contributed by atoms with Gasteiger partial charge in [0.1, 0.15) is 5.82 Å². The van der Waals surface area contributed by atoms with Crippen LogP contribution in [0.1, 0.15) is 5.56 Å². The molecule has 3 rings (SSSR count). The van der Waals surface area contributed by atoms with Crippen LogP contribution < -0.4 is 5.73 Å². The Morgan fingerprint density at radius 2 is 1.80 bits per heavy atom. The molecular formula is C16H14BrN3. The van der Waals surface area contributed by atoms with Gasteiger partial charge < -0.3 is 5.73 Å². The molecule has 0 aliphatic carbocycles. The average Bonchev–Trinajstić information content (AvgIpc) is 2.81. The number of anilines is 1. The third-order valence-corrected chi connectivity index (χ3v) is 3.53. The van der Waals surface area contributed by atoms with E-state index in [9.17, 15) is 0 Å². The fourth-order valence-electron chi connectivity index (χ4n) is 2.20. The van der Waals surface area contributed by atoms with Crippen LogP contribution in [0.2, 0.25) is 0 Å². The number of nitrogen functional groups attached to an aromatic ring is 1. The molecular weight excluding hydrogens is 314 g/mol. The number of hydrogen-bond acceptors (Lipinski definition) is 2. The highest BCUT2D eigenvalue weighted by atomic mass is 79.9. The largest absolute Gasteiger partial charge is 0.384 e. The molecule has 0 saturated heterocycles. The fourth-order valence-corrected chi connectivity index (χ4v) is 2.80. The maximum absolute atomic E-state index is 6.08. The first-order valence-electron chi connectivity index (χ1n) is 6.32. The van der Waals surface area contributed by atoms with Crippen molar-refractivity contribution in [2.75, 3.05) is 5.73 Å². The first kappa shape index (κ1) is 12.9. The normalized spacial score (nSPS) is 10.7. The van der Waals surface area contributed by atoms with Crippen LogP contribution in [0.15, 0.2) is 59.1 Å². The van der Waals surface area contributed by atoms with Gasteiger partial charge in [-0.15, -0.1) is 0 Å². The van der Waals surface area contributed by atoms with Crippen molar-refractivity contribution in [2.24, 2.45) is 0 Å². The molecule has 0 saturated carbocycles. The highest BCUT2D eigenvalue weighted by molar-refractivity contribution is 9.10. The van der Waals surface area contributed by atoms with Gasteiger partial charge in [0.05, 0.1) is 11.4 Å². The molecule has 4 heteroatoms. The third-order valence-electron chi connectivity index (χ3n) is 3.08. The van der Waals surface area contributed by atoms with Gasteiger partial charge in [-0.3, -0.25) is 0 Å². The third kappa shape index (κ3) is 2.47. The predicted molar refractivity (Wildman–Crippen MR) is 85.8 cm³/mol. The number of nitrogens with two attached hydrogens (primary N) is 1. The van der Waals surface area contributed by atoms with Gasteiger partial charge >= 0.3 is 0 Å². The maximum Gasteiger partial charge on any atom is 0.127 e. The Hall–Kier alpha value is -2.07. The van der Waals surface area contributed by atoms with Crippen molar-refractivity contribution >= 4 is 21.7 Å². The van der Waals surface area contributed by atoms with Gasteiger partial charge in [0.15, 0.2) is 0 Å². The minimum Gasteiger partial charge on any atom is -0.384 e. The van der Waals surface area contributed by atoms with Crippen molar-refractivity contribution in [1.29, 1.82) is 0 Å². The van der Waals surface area contributed by atoms with Crippen molar-refractivity contribution in [3.8, 4) is 16.9 Å². The summed E-state index contributed by atoms with van der Waals surface area (Å²) in [6, 6.07) is 18.0. The summed E-state index contributed by atoms with van der Waals surface area (Å²) in [7, 11) is 0. The van der Waals surface area contributed by atoms with Crippen LogP contribution >= 0.6 is 15.9 Å². The van der Waals surface area contributed by atoms with Crippen LogP contribution in [-0.4, -0.2) is 9.78 Å². The lowest BCUT2D eigenvalue weighted by Gasteiger charge is -2.03. The summed E-state index contributed by atoms with van der Waals surface area (Å²) < 4.78 is 2.80. The quantitative estimate of drug-likeness (QED) is 0.766. The van der Waals surface area contributed by atoms with E-state index in [4.69, 9.17) is 5.73 Å². The molecule has 0 aliphatic heterocycles. The minimum atomic E-state index is 0.629. The van der Waals surface area contributed by atoms with Gasteiger partial charge in [-0.05, 0) is 42.8 Å². The molecule has 0 bridgehead atoms. The zero-order valence-electron chi connectivity index (χ0n) is 11.0. The number of aromatic nitrogens is 2. The van der Waals surface area contributed by atoms with Gasteiger partial charge in [-0.25, -0.2) is 4.68 Å². The number of aryl methyl sites for hydroxylation is 1. The van der Waals surface area contributed by atoms with E-state index in [1.165, 1.54) is 5.56 Å². The van der Waals surface area contributed by atoms with E-state index in [-0.39, 0.29) is 0 Å². The molecule has 0 radical (unpaired) electrons. The van der Waals surface area contributed by atoms with Crippen LogP contribution in [0, 0.1) is 6.92 Å². The van der Waals surface area contributed by atoms with Crippen LogP contribution in [0.4, 0.5) is 5.82 Å². The van der Waals surface area contributed by atoms with Gasteiger partial charge in [0, 0.05) is 16.1 Å². The zero-order chi connectivity index (χ0) is 14.1. The van der Waals surface area contributed by atoms with E-state index < -0.39 is 0 Å². The lowest BCUT2D eigenvalue weighted by atomic mass is 10.1. The highest BCUT2D eigenvalue weighted by Crippen LogP contribution is 2.26. The van der Waals surface area contributed by atoms with Crippen molar-refractivity contribution in [3.63, 3.8) is 0 Å². The predicted octanol–water partition coefficient (Wildman–Crippen LogP) is 4.19. The van der Waals surface area contributed by atoms with Gasteiger partial charge in [0.2, 0.25) is 0 Å². The van der Waals surface area contributed by atoms with E-state index in [1.54, 1.807) is 4.68 Å². The molecule has 20 heavy (non-hydrogen) atoms. The Morgan fingerprint density at radius 3 is 2.50 bits per heavy atom. The second-order valence-corrected chi connectivity index (χ2v) is 5.63. The van der Waals surface area contributed by atoms with E-state index >= 15 is 0 Å². The summed E-state index contributed by atoms with van der Waals surface area (Å²) in [5.41, 5.74) is 10.1. The topological polar surface area (TPSA) is 43.8 Å². The molecule has 0 aliphatic rings. The SMILES string of the molecule is Cc1cc(Br)cc(-c2cc(N)n(-c3ccccc3)n2)c1. The van der Waals surface area contributed by atoms with Crippen LogP contribution in [-0.2, 0) is 0 Å². The molecule has 0 fully saturated rings. The lowest BCUT2D eigenvalue weighted by molar-refractivity contribution is 0.895. The molecule has 0 spiro atoms. The highest BCUT2D eigenvalue weighted by Gasteiger charge is 2.09. The van der Waals surface area contributed by atoms with E-state index in [0.29, 0.717) is 5.82 Å².